The Labute approximate surface area is 185 Å². The van der Waals surface area contributed by atoms with Gasteiger partial charge in [-0.3, -0.25) is 4.79 Å². The maximum Gasteiger partial charge on any atom is 0.364 e. The zero-order chi connectivity index (χ0) is 21.9. The van der Waals surface area contributed by atoms with E-state index in [1.165, 1.54) is 0 Å². The van der Waals surface area contributed by atoms with Crippen LogP contribution < -0.4 is 5.06 Å². The molecule has 5 aromatic rings. The molecule has 0 unspecified atom stereocenters. The maximum atomic E-state index is 13.6. The van der Waals surface area contributed by atoms with Crippen LogP contribution in [0.5, 0.6) is 0 Å². The van der Waals surface area contributed by atoms with Gasteiger partial charge < -0.3 is 4.84 Å². The van der Waals surface area contributed by atoms with Crippen LogP contribution in [-0.2, 0) is 4.84 Å². The van der Waals surface area contributed by atoms with Crippen LogP contribution in [0.2, 0.25) is 0 Å². The highest BCUT2D eigenvalue weighted by Gasteiger charge is 2.25. The van der Waals surface area contributed by atoms with E-state index in [9.17, 15) is 9.59 Å². The van der Waals surface area contributed by atoms with Crippen molar-refractivity contribution in [2.75, 3.05) is 5.06 Å². The highest BCUT2D eigenvalue weighted by atomic mass is 16.7. The fourth-order valence-corrected chi connectivity index (χ4v) is 3.83. The second-order valence-corrected chi connectivity index (χ2v) is 7.37. The van der Waals surface area contributed by atoms with Crippen molar-refractivity contribution in [3.05, 3.63) is 126 Å². The van der Waals surface area contributed by atoms with Crippen molar-refractivity contribution in [2.24, 2.45) is 0 Å². The number of hydrogen-bond acceptors (Lipinski definition) is 3. The van der Waals surface area contributed by atoms with Crippen LogP contribution in [-0.4, -0.2) is 11.9 Å². The maximum absolute atomic E-state index is 13.6. The van der Waals surface area contributed by atoms with Gasteiger partial charge in [-0.15, -0.1) is 5.06 Å². The third-order valence-corrected chi connectivity index (χ3v) is 5.38. The molecule has 0 N–H and O–H groups in total. The van der Waals surface area contributed by atoms with E-state index in [1.807, 2.05) is 72.8 Å². The van der Waals surface area contributed by atoms with Crippen molar-refractivity contribution in [3.8, 4) is 0 Å². The third kappa shape index (κ3) is 3.59. The van der Waals surface area contributed by atoms with Crippen molar-refractivity contribution < 1.29 is 14.4 Å². The zero-order valence-corrected chi connectivity index (χ0v) is 17.1. The number of hydroxylamine groups is 1. The predicted molar refractivity (Wildman–Crippen MR) is 127 cm³/mol. The van der Waals surface area contributed by atoms with Gasteiger partial charge in [0, 0.05) is 0 Å². The van der Waals surface area contributed by atoms with E-state index in [2.05, 4.69) is 0 Å². The van der Waals surface area contributed by atoms with Crippen molar-refractivity contribution >= 4 is 39.1 Å². The first-order chi connectivity index (χ1) is 15.7. The molecular formula is C28H19NO3. The lowest BCUT2D eigenvalue weighted by Crippen LogP contribution is -2.34. The van der Waals surface area contributed by atoms with Crippen LogP contribution in [0.25, 0.3) is 21.5 Å². The molecule has 0 spiro atoms. The smallest absolute Gasteiger partial charge is 0.327 e. The second kappa shape index (κ2) is 8.36. The summed E-state index contributed by atoms with van der Waals surface area (Å²) in [5.41, 5.74) is 1.33. The Morgan fingerprint density at radius 1 is 0.531 bits per heavy atom. The summed E-state index contributed by atoms with van der Waals surface area (Å²) in [5, 5.41) is 4.50. The monoisotopic (exact) mass is 417 g/mol. The average molecular weight is 417 g/mol. The van der Waals surface area contributed by atoms with Gasteiger partial charge >= 0.3 is 5.97 Å². The largest absolute Gasteiger partial charge is 0.364 e. The van der Waals surface area contributed by atoms with Crippen molar-refractivity contribution in [3.63, 3.8) is 0 Å². The number of nitrogens with zero attached hydrogens (tertiary/aromatic N) is 1. The van der Waals surface area contributed by atoms with Crippen molar-refractivity contribution in [1.29, 1.82) is 0 Å². The summed E-state index contributed by atoms with van der Waals surface area (Å²) in [5.74, 6) is -1.01. The third-order valence-electron chi connectivity index (χ3n) is 5.38. The fourth-order valence-electron chi connectivity index (χ4n) is 3.83. The lowest BCUT2D eigenvalue weighted by atomic mass is 10.0. The molecule has 0 aliphatic rings. The summed E-state index contributed by atoms with van der Waals surface area (Å²) in [4.78, 5) is 32.6. The van der Waals surface area contributed by atoms with Crippen molar-refractivity contribution in [2.45, 2.75) is 0 Å². The molecule has 1 amide bonds. The molecule has 32 heavy (non-hydrogen) atoms. The molecule has 0 heterocycles. The number of anilines is 1. The number of carbonyl (C=O) groups excluding carboxylic acids is 2. The van der Waals surface area contributed by atoms with Crippen molar-refractivity contribution in [1.82, 2.24) is 0 Å². The molecule has 5 rings (SSSR count). The molecule has 0 aliphatic heterocycles. The normalized spacial score (nSPS) is 10.8. The van der Waals surface area contributed by atoms with E-state index in [0.29, 0.717) is 16.8 Å². The number of fused-ring (bicyclic) bond motifs is 2. The lowest BCUT2D eigenvalue weighted by Gasteiger charge is -2.22. The molecular weight excluding hydrogens is 398 g/mol. The van der Waals surface area contributed by atoms with Gasteiger partial charge in [-0.05, 0) is 45.8 Å². The number of rotatable bonds is 3. The Kier molecular flexibility index (Phi) is 5.10. The van der Waals surface area contributed by atoms with E-state index in [4.69, 9.17) is 4.84 Å². The molecule has 0 bridgehead atoms. The first kappa shape index (κ1) is 19.5. The van der Waals surface area contributed by atoms with Crippen LogP contribution in [0.15, 0.2) is 115 Å². The van der Waals surface area contributed by atoms with E-state index < -0.39 is 11.9 Å². The van der Waals surface area contributed by atoms with E-state index in [1.54, 1.807) is 42.5 Å². The Hall–Kier alpha value is -4.44. The molecule has 0 radical (unpaired) electrons. The SMILES string of the molecule is O=C(ON(C(=O)c1cccc2ccccc12)c1ccccc1)c1cccc2ccccc12. The first-order valence-electron chi connectivity index (χ1n) is 10.3. The predicted octanol–water partition coefficient (Wildman–Crippen LogP) is 6.41. The zero-order valence-electron chi connectivity index (χ0n) is 17.1. The second-order valence-electron chi connectivity index (χ2n) is 7.37. The minimum atomic E-state index is -0.598. The van der Waals surface area contributed by atoms with Gasteiger partial charge in [0.1, 0.15) is 0 Å². The minimum Gasteiger partial charge on any atom is -0.327 e. The molecule has 4 heteroatoms. The number of hydrogen-bond donors (Lipinski definition) is 0. The summed E-state index contributed by atoms with van der Waals surface area (Å²) >= 11 is 0. The number of amides is 1. The molecule has 0 atom stereocenters. The van der Waals surface area contributed by atoms with Gasteiger partial charge in [0.25, 0.3) is 5.91 Å². The van der Waals surface area contributed by atoms with E-state index in [-0.39, 0.29) is 0 Å². The summed E-state index contributed by atoms with van der Waals surface area (Å²) in [6.45, 7) is 0. The van der Waals surface area contributed by atoms with Gasteiger partial charge in [-0.25, -0.2) is 4.79 Å². The standard InChI is InChI=1S/C28H19NO3/c30-27(25-18-8-12-20-10-4-6-16-23(20)25)29(22-14-2-1-3-15-22)32-28(31)26-19-9-13-21-11-5-7-17-24(21)26/h1-19H. The van der Waals surface area contributed by atoms with E-state index in [0.717, 1.165) is 26.6 Å². The lowest BCUT2D eigenvalue weighted by molar-refractivity contribution is 0.0412. The topological polar surface area (TPSA) is 46.6 Å². The first-order valence-corrected chi connectivity index (χ1v) is 10.3. The van der Waals surface area contributed by atoms with Crippen LogP contribution in [0.1, 0.15) is 20.7 Å². The number of benzene rings is 5. The molecule has 0 aromatic heterocycles. The molecule has 0 aliphatic carbocycles. The molecule has 0 saturated heterocycles. The minimum absolute atomic E-state index is 0.398. The number of carbonyl (C=O) groups is 2. The van der Waals surface area contributed by atoms with Crippen LogP contribution in [0.3, 0.4) is 0 Å². The molecule has 5 aromatic carbocycles. The van der Waals surface area contributed by atoms with E-state index >= 15 is 0 Å². The Balaban J connectivity index is 1.57. The molecule has 154 valence electrons. The van der Waals surface area contributed by atoms with Crippen LogP contribution in [0, 0.1) is 0 Å². The summed E-state index contributed by atoms with van der Waals surface area (Å²) < 4.78 is 0. The highest BCUT2D eigenvalue weighted by Crippen LogP contribution is 2.25. The van der Waals surface area contributed by atoms with Gasteiger partial charge in [0.2, 0.25) is 0 Å². The van der Waals surface area contributed by atoms with Gasteiger partial charge in [-0.1, -0.05) is 91.0 Å². The highest BCUT2D eigenvalue weighted by molar-refractivity contribution is 6.14. The Morgan fingerprint density at radius 3 is 1.69 bits per heavy atom. The molecule has 4 nitrogen and oxygen atoms in total. The fraction of sp³-hybridized carbons (Fsp3) is 0. The van der Waals surface area contributed by atoms with Gasteiger partial charge in [-0.2, -0.15) is 0 Å². The Bertz CT molecular complexity index is 1430. The average Bonchev–Trinajstić information content (AvgIpc) is 2.86. The molecule has 0 saturated carbocycles. The number of para-hydroxylation sites is 1. The summed E-state index contributed by atoms with van der Waals surface area (Å²) in [7, 11) is 0. The molecule has 0 fully saturated rings. The van der Waals surface area contributed by atoms with Crippen LogP contribution in [0.4, 0.5) is 5.69 Å². The van der Waals surface area contributed by atoms with Gasteiger partial charge in [0.05, 0.1) is 16.8 Å². The van der Waals surface area contributed by atoms with Crippen LogP contribution >= 0.6 is 0 Å². The Morgan fingerprint density at radius 2 is 1.03 bits per heavy atom. The van der Waals surface area contributed by atoms with Gasteiger partial charge in [0.15, 0.2) is 0 Å². The quantitative estimate of drug-likeness (QED) is 0.319. The summed E-state index contributed by atoms with van der Waals surface area (Å²) in [6, 6.07) is 35.1. The summed E-state index contributed by atoms with van der Waals surface area (Å²) in [6.07, 6.45) is 0.